The van der Waals surface area contributed by atoms with E-state index in [9.17, 15) is 31.8 Å². The van der Waals surface area contributed by atoms with Gasteiger partial charge in [0.2, 0.25) is 17.7 Å². The van der Waals surface area contributed by atoms with Gasteiger partial charge in [0.25, 0.3) is 0 Å². The zero-order valence-corrected chi connectivity index (χ0v) is 22.5. The fourth-order valence-corrected chi connectivity index (χ4v) is 5.32. The van der Waals surface area contributed by atoms with Crippen LogP contribution in [0.2, 0.25) is 5.02 Å². The van der Waals surface area contributed by atoms with Gasteiger partial charge in [-0.3, -0.25) is 23.5 Å². The second-order valence-corrected chi connectivity index (χ2v) is 11.1. The highest BCUT2D eigenvalue weighted by Gasteiger charge is 2.36. The molecule has 2 unspecified atom stereocenters. The van der Waals surface area contributed by atoms with Gasteiger partial charge < -0.3 is 10.6 Å². The number of amides is 3. The van der Waals surface area contributed by atoms with Gasteiger partial charge in [0, 0.05) is 28.2 Å². The Morgan fingerprint density at radius 3 is 2.32 bits per heavy atom. The average molecular weight is 572 g/mol. The van der Waals surface area contributed by atoms with Crippen LogP contribution in [0.5, 0.6) is 0 Å². The number of nitrogens with zero attached hydrogens (tertiary/aromatic N) is 1. The average Bonchev–Trinajstić information content (AvgIpc) is 3.33. The Morgan fingerprint density at radius 1 is 1.08 bits per heavy atom. The molecule has 1 aliphatic carbocycles. The Morgan fingerprint density at radius 2 is 1.71 bits per heavy atom. The highest BCUT2D eigenvalue weighted by molar-refractivity contribution is 7.86. The van der Waals surface area contributed by atoms with Crippen LogP contribution in [0.3, 0.4) is 0 Å². The molecule has 0 saturated heterocycles. The SMILES string of the molecule is Cc1ccc(NC(=O)CS(=O)CC(=O)N(c2ccc(Cl)c(C(F)(F)F)c2)C(C)C(=O)NC2CCCC2)cc1. The molecule has 0 heterocycles. The van der Waals surface area contributed by atoms with Gasteiger partial charge in [-0.1, -0.05) is 42.1 Å². The molecule has 7 nitrogen and oxygen atoms in total. The number of rotatable bonds is 9. The Kier molecular flexibility index (Phi) is 9.94. The fourth-order valence-electron chi connectivity index (χ4n) is 4.21. The lowest BCUT2D eigenvalue weighted by Crippen LogP contribution is -2.51. The van der Waals surface area contributed by atoms with Crippen LogP contribution in [0.4, 0.5) is 24.5 Å². The van der Waals surface area contributed by atoms with E-state index in [1.807, 2.05) is 6.92 Å². The van der Waals surface area contributed by atoms with Crippen molar-refractivity contribution in [2.75, 3.05) is 21.7 Å². The normalized spacial score (nSPS) is 15.5. The van der Waals surface area contributed by atoms with E-state index in [1.165, 1.54) is 13.0 Å². The Labute approximate surface area is 226 Å². The molecule has 38 heavy (non-hydrogen) atoms. The van der Waals surface area contributed by atoms with Crippen LogP contribution in [0.25, 0.3) is 0 Å². The molecule has 12 heteroatoms. The minimum atomic E-state index is -4.80. The standard InChI is InChI=1S/C26H29ClF3N3O4S/c1-16-7-9-19(10-8-16)31-23(34)14-38(37)15-24(35)33(17(2)25(36)32-18-5-3-4-6-18)20-11-12-22(27)21(13-20)26(28,29)30/h7-13,17-18H,3-6,14-15H2,1-2H3,(H,31,34)(H,32,36). The molecule has 0 spiro atoms. The first-order valence-corrected chi connectivity index (χ1v) is 13.9. The Hall–Kier alpha value is -2.92. The van der Waals surface area contributed by atoms with Crippen LogP contribution in [0, 0.1) is 6.92 Å². The number of hydrogen-bond donors (Lipinski definition) is 2. The van der Waals surface area contributed by atoms with Gasteiger partial charge in [0.15, 0.2) is 0 Å². The van der Waals surface area contributed by atoms with Crippen molar-refractivity contribution in [3.8, 4) is 0 Å². The molecular formula is C26H29ClF3N3O4S. The largest absolute Gasteiger partial charge is 0.417 e. The number of hydrogen-bond acceptors (Lipinski definition) is 4. The molecule has 206 valence electrons. The molecule has 0 aromatic heterocycles. The second kappa shape index (κ2) is 12.8. The molecule has 3 amide bonds. The number of carbonyl (C=O) groups excluding carboxylic acids is 3. The molecule has 2 atom stereocenters. The minimum Gasteiger partial charge on any atom is -0.352 e. The Bertz CT molecular complexity index is 1200. The van der Waals surface area contributed by atoms with E-state index >= 15 is 0 Å². The number of carbonyl (C=O) groups is 3. The van der Waals surface area contributed by atoms with Crippen LogP contribution >= 0.6 is 11.6 Å². The quantitative estimate of drug-likeness (QED) is 0.450. The first-order valence-electron chi connectivity index (χ1n) is 12.1. The third-order valence-electron chi connectivity index (χ3n) is 6.18. The number of aryl methyl sites for hydroxylation is 1. The van der Waals surface area contributed by atoms with Crippen molar-refractivity contribution < 1.29 is 31.8 Å². The highest BCUT2D eigenvalue weighted by Crippen LogP contribution is 2.37. The lowest BCUT2D eigenvalue weighted by molar-refractivity contribution is -0.137. The van der Waals surface area contributed by atoms with Crippen molar-refractivity contribution in [1.29, 1.82) is 0 Å². The first-order chi connectivity index (χ1) is 17.8. The molecule has 3 rings (SSSR count). The van der Waals surface area contributed by atoms with Crippen LogP contribution in [0.1, 0.15) is 43.7 Å². The highest BCUT2D eigenvalue weighted by atomic mass is 35.5. The molecule has 0 radical (unpaired) electrons. The zero-order valence-electron chi connectivity index (χ0n) is 20.9. The van der Waals surface area contributed by atoms with Crippen LogP contribution < -0.4 is 15.5 Å². The Balaban J connectivity index is 1.79. The first kappa shape index (κ1) is 29.6. The summed E-state index contributed by atoms with van der Waals surface area (Å²) in [6.45, 7) is 3.27. The van der Waals surface area contributed by atoms with Gasteiger partial charge in [-0.15, -0.1) is 0 Å². The maximum absolute atomic E-state index is 13.5. The predicted octanol–water partition coefficient (Wildman–Crippen LogP) is 4.83. The predicted molar refractivity (Wildman–Crippen MR) is 141 cm³/mol. The lowest BCUT2D eigenvalue weighted by atomic mass is 10.1. The number of benzene rings is 2. The van der Waals surface area contributed by atoms with E-state index in [1.54, 1.807) is 24.3 Å². The molecule has 1 aliphatic rings. The third kappa shape index (κ3) is 8.04. The van der Waals surface area contributed by atoms with Gasteiger partial charge in [0.05, 0.1) is 10.6 Å². The van der Waals surface area contributed by atoms with E-state index in [0.717, 1.165) is 42.2 Å². The summed E-state index contributed by atoms with van der Waals surface area (Å²) in [7, 11) is -2.00. The van der Waals surface area contributed by atoms with E-state index in [-0.39, 0.29) is 11.7 Å². The van der Waals surface area contributed by atoms with Crippen LogP contribution in [-0.2, 0) is 31.4 Å². The molecule has 0 aliphatic heterocycles. The molecular weight excluding hydrogens is 543 g/mol. The van der Waals surface area contributed by atoms with Gasteiger partial charge in [-0.25, -0.2) is 0 Å². The molecule has 2 aromatic rings. The number of halogens is 4. The van der Waals surface area contributed by atoms with E-state index in [4.69, 9.17) is 11.6 Å². The van der Waals surface area contributed by atoms with E-state index < -0.39 is 62.8 Å². The van der Waals surface area contributed by atoms with Crippen molar-refractivity contribution in [3.05, 3.63) is 58.6 Å². The van der Waals surface area contributed by atoms with Gasteiger partial charge in [-0.2, -0.15) is 13.2 Å². The smallest absolute Gasteiger partial charge is 0.352 e. The minimum absolute atomic E-state index is 0.0857. The monoisotopic (exact) mass is 571 g/mol. The summed E-state index contributed by atoms with van der Waals surface area (Å²) in [6, 6.07) is 8.50. The lowest BCUT2D eigenvalue weighted by Gasteiger charge is -2.30. The maximum atomic E-state index is 13.5. The summed E-state index contributed by atoms with van der Waals surface area (Å²) in [6.07, 6.45) is -1.37. The number of nitrogens with one attached hydrogen (secondary N) is 2. The molecule has 1 saturated carbocycles. The fraction of sp³-hybridized carbons (Fsp3) is 0.423. The van der Waals surface area contributed by atoms with E-state index in [0.29, 0.717) is 11.8 Å². The summed E-state index contributed by atoms with van der Waals surface area (Å²) >= 11 is 5.74. The molecule has 0 bridgehead atoms. The third-order valence-corrected chi connectivity index (χ3v) is 7.67. The van der Waals surface area contributed by atoms with Crippen LogP contribution in [-0.4, -0.2) is 45.5 Å². The molecule has 1 fully saturated rings. The van der Waals surface area contributed by atoms with E-state index in [2.05, 4.69) is 10.6 Å². The van der Waals surface area contributed by atoms with Crippen molar-refractivity contribution >= 4 is 51.5 Å². The van der Waals surface area contributed by atoms with Crippen molar-refractivity contribution in [1.82, 2.24) is 5.32 Å². The molecule has 2 N–H and O–H groups in total. The summed E-state index contributed by atoms with van der Waals surface area (Å²) < 4.78 is 53.2. The van der Waals surface area contributed by atoms with Crippen LogP contribution in [0.15, 0.2) is 42.5 Å². The summed E-state index contributed by atoms with van der Waals surface area (Å²) in [5.41, 5.74) is 0.0844. The second-order valence-electron chi connectivity index (χ2n) is 9.23. The van der Waals surface area contributed by atoms with Gasteiger partial charge in [-0.05, 0) is 57.0 Å². The topological polar surface area (TPSA) is 95.6 Å². The van der Waals surface area contributed by atoms with Crippen molar-refractivity contribution in [2.45, 2.75) is 57.8 Å². The van der Waals surface area contributed by atoms with Gasteiger partial charge >= 0.3 is 6.18 Å². The van der Waals surface area contributed by atoms with Gasteiger partial charge in [0.1, 0.15) is 17.5 Å². The summed E-state index contributed by atoms with van der Waals surface area (Å²) in [5, 5.41) is 4.86. The number of anilines is 2. The van der Waals surface area contributed by atoms with Crippen molar-refractivity contribution in [2.24, 2.45) is 0 Å². The summed E-state index contributed by atoms with van der Waals surface area (Å²) in [5.74, 6) is -3.19. The van der Waals surface area contributed by atoms with Crippen molar-refractivity contribution in [3.63, 3.8) is 0 Å². The zero-order chi connectivity index (χ0) is 28.0. The maximum Gasteiger partial charge on any atom is 0.417 e. The molecule has 2 aromatic carbocycles. The number of alkyl halides is 3. The summed E-state index contributed by atoms with van der Waals surface area (Å²) in [4.78, 5) is 39.4.